The molecule has 0 aromatic heterocycles. The maximum absolute atomic E-state index is 13.9. The number of nitrogens with one attached hydrogen (secondary N) is 2. The fraction of sp³-hybridized carbons (Fsp3) is 0.950. The van der Waals surface area contributed by atoms with Crippen LogP contribution in [0.3, 0.4) is 0 Å². The van der Waals surface area contributed by atoms with Crippen molar-refractivity contribution in [2.45, 2.75) is 148 Å². The number of hydrogen-bond donors (Lipinski definition) is 2. The van der Waals surface area contributed by atoms with Gasteiger partial charge in [-0.15, -0.1) is 0 Å². The van der Waals surface area contributed by atoms with Crippen LogP contribution in [0.2, 0.25) is 0 Å². The highest BCUT2D eigenvalue weighted by molar-refractivity contribution is 5.78. The number of carbonyl (C=O) groups is 2. The third-order valence-corrected chi connectivity index (χ3v) is 15.7. The van der Waals surface area contributed by atoms with Crippen molar-refractivity contribution in [3.63, 3.8) is 0 Å². The molecule has 5 aliphatic carbocycles. The fourth-order valence-electron chi connectivity index (χ4n) is 13.2. The van der Waals surface area contributed by atoms with Crippen LogP contribution in [0.5, 0.6) is 0 Å². The van der Waals surface area contributed by atoms with Gasteiger partial charge in [-0.3, -0.25) is 4.79 Å². The lowest BCUT2D eigenvalue weighted by atomic mass is 9.44. The quantitative estimate of drug-likeness (QED) is 0.311. The predicted octanol–water partition coefficient (Wildman–Crippen LogP) is 6.82. The highest BCUT2D eigenvalue weighted by atomic mass is 16.7. The van der Waals surface area contributed by atoms with Gasteiger partial charge in [-0.2, -0.15) is 0 Å². The average Bonchev–Trinajstić information content (AvgIpc) is 3.50. The molecule has 7 aliphatic rings. The summed E-state index contributed by atoms with van der Waals surface area (Å²) in [5.41, 5.74) is 0.739. The SMILES string of the molecule is C[C@H]1CC[C@@]2(OC1)O[C@H]1C[C@H]3[C@@H]4CC[C@@H]5C[C@H](NC(=O)N(CCNC(=O)CN(C)C)C6CCCCC6)CC[C@]5(C)[C@H]4CC[C@]3(C)C1[C@@H]2C. The Labute approximate surface area is 291 Å². The van der Waals surface area contributed by atoms with Crippen molar-refractivity contribution in [3.8, 4) is 0 Å². The summed E-state index contributed by atoms with van der Waals surface area (Å²) in [7, 11) is 3.81. The van der Waals surface area contributed by atoms with Crippen molar-refractivity contribution < 1.29 is 19.1 Å². The third kappa shape index (κ3) is 6.24. The van der Waals surface area contributed by atoms with Crippen molar-refractivity contribution in [2.75, 3.05) is 40.3 Å². The molecule has 1 unspecified atom stereocenters. The number of ether oxygens (including phenoxy) is 2. The first kappa shape index (κ1) is 35.0. The Morgan fingerprint density at radius 1 is 0.854 bits per heavy atom. The van der Waals surface area contributed by atoms with Gasteiger partial charge in [0.1, 0.15) is 0 Å². The number of hydrogen-bond acceptors (Lipinski definition) is 5. The number of amides is 3. The molecule has 8 nitrogen and oxygen atoms in total. The van der Waals surface area contributed by atoms with Gasteiger partial charge >= 0.3 is 6.03 Å². The summed E-state index contributed by atoms with van der Waals surface area (Å²) < 4.78 is 13.6. The summed E-state index contributed by atoms with van der Waals surface area (Å²) in [4.78, 5) is 30.2. The fourth-order valence-corrected chi connectivity index (χ4v) is 13.2. The molecule has 7 rings (SSSR count). The monoisotopic (exact) mass is 669 g/mol. The van der Waals surface area contributed by atoms with E-state index in [9.17, 15) is 9.59 Å². The first-order valence-electron chi connectivity index (χ1n) is 20.2. The molecular formula is C40H68N4O4. The number of carbonyl (C=O) groups excluding carboxylic acids is 2. The molecule has 48 heavy (non-hydrogen) atoms. The van der Waals surface area contributed by atoms with Crippen LogP contribution in [-0.2, 0) is 14.3 Å². The largest absolute Gasteiger partial charge is 0.353 e. The van der Waals surface area contributed by atoms with Crippen molar-refractivity contribution >= 4 is 11.9 Å². The molecule has 2 aliphatic heterocycles. The van der Waals surface area contributed by atoms with Gasteiger partial charge < -0.3 is 29.9 Å². The summed E-state index contributed by atoms with van der Waals surface area (Å²) in [5, 5.41) is 6.60. The van der Waals surface area contributed by atoms with Crippen LogP contribution in [-0.4, -0.2) is 86.0 Å². The van der Waals surface area contributed by atoms with Crippen molar-refractivity contribution in [1.82, 2.24) is 20.4 Å². The van der Waals surface area contributed by atoms with Crippen molar-refractivity contribution in [2.24, 2.45) is 52.3 Å². The molecule has 5 saturated carbocycles. The summed E-state index contributed by atoms with van der Waals surface area (Å²) in [6.45, 7) is 12.4. The normalized spacial score (nSPS) is 45.6. The summed E-state index contributed by atoms with van der Waals surface area (Å²) in [6, 6.07) is 0.635. The van der Waals surface area contributed by atoms with E-state index in [0.717, 1.165) is 56.5 Å². The Morgan fingerprint density at radius 2 is 1.62 bits per heavy atom. The molecule has 7 fully saturated rings. The number of nitrogens with zero attached hydrogens (tertiary/aromatic N) is 2. The Bertz CT molecular complexity index is 1170. The Balaban J connectivity index is 0.972. The van der Waals surface area contributed by atoms with Crippen molar-refractivity contribution in [1.29, 1.82) is 0 Å². The van der Waals surface area contributed by atoms with Crippen LogP contribution in [0.15, 0.2) is 0 Å². The van der Waals surface area contributed by atoms with E-state index in [1.165, 1.54) is 64.2 Å². The average molecular weight is 669 g/mol. The topological polar surface area (TPSA) is 83.1 Å². The number of fused-ring (bicyclic) bond motifs is 7. The lowest BCUT2D eigenvalue weighted by Gasteiger charge is -2.61. The first-order valence-corrected chi connectivity index (χ1v) is 20.2. The van der Waals surface area contributed by atoms with Crippen LogP contribution in [0, 0.1) is 52.3 Å². The maximum atomic E-state index is 13.9. The first-order chi connectivity index (χ1) is 22.9. The predicted molar refractivity (Wildman–Crippen MR) is 189 cm³/mol. The van der Waals surface area contributed by atoms with Gasteiger partial charge in [0.25, 0.3) is 0 Å². The maximum Gasteiger partial charge on any atom is 0.317 e. The molecule has 2 heterocycles. The minimum Gasteiger partial charge on any atom is -0.353 e. The molecule has 0 aromatic rings. The van der Waals surface area contributed by atoms with E-state index in [0.29, 0.717) is 60.2 Å². The standard InChI is InChI=1S/C40H68N4O4/c1-26-14-19-40(47-25-26)27(2)36-34(48-40)23-33-31-13-12-28-22-29(15-17-38(28,3)32(31)16-18-39(33,36)4)42-37(46)44(30-10-8-7-9-11-30)21-20-41-35(45)24-43(5)6/h26-34,36H,7-25H2,1-6H3,(H,41,45)(H,42,46)/t26-,27-,28+,29+,31+,32-,33-,34-,36?,38-,39-,40+/m0/s1. The van der Waals surface area contributed by atoms with E-state index >= 15 is 0 Å². The van der Waals surface area contributed by atoms with Gasteiger partial charge in [-0.25, -0.2) is 4.79 Å². The van der Waals surface area contributed by atoms with Gasteiger partial charge in [0.2, 0.25) is 5.91 Å². The van der Waals surface area contributed by atoms with Gasteiger partial charge in [-0.1, -0.05) is 47.0 Å². The smallest absolute Gasteiger partial charge is 0.317 e. The molecule has 1 spiro atoms. The van der Waals surface area contributed by atoms with Crippen LogP contribution in [0.4, 0.5) is 4.79 Å². The second-order valence-corrected chi connectivity index (χ2v) is 18.7. The lowest BCUT2D eigenvalue weighted by Crippen LogP contribution is -2.57. The molecule has 0 radical (unpaired) electrons. The third-order valence-electron chi connectivity index (χ3n) is 15.7. The zero-order valence-corrected chi connectivity index (χ0v) is 31.2. The minimum atomic E-state index is -0.328. The summed E-state index contributed by atoms with van der Waals surface area (Å²) >= 11 is 0. The molecular weight excluding hydrogens is 600 g/mol. The van der Waals surface area contributed by atoms with Gasteiger partial charge in [0, 0.05) is 37.5 Å². The molecule has 272 valence electrons. The minimum absolute atomic E-state index is 0.0221. The van der Waals surface area contributed by atoms with E-state index in [1.54, 1.807) is 0 Å². The lowest BCUT2D eigenvalue weighted by molar-refractivity contribution is -0.273. The molecule has 2 N–H and O–H groups in total. The molecule has 8 heteroatoms. The van der Waals surface area contributed by atoms with E-state index < -0.39 is 0 Å². The number of rotatable bonds is 7. The zero-order chi connectivity index (χ0) is 33.8. The summed E-state index contributed by atoms with van der Waals surface area (Å²) in [6.07, 6.45) is 18.5. The van der Waals surface area contributed by atoms with Gasteiger partial charge in [-0.05, 0) is 131 Å². The Morgan fingerprint density at radius 3 is 2.35 bits per heavy atom. The highest BCUT2D eigenvalue weighted by Crippen LogP contribution is 2.71. The van der Waals surface area contributed by atoms with Crippen LogP contribution < -0.4 is 10.6 Å². The molecule has 0 bridgehead atoms. The van der Waals surface area contributed by atoms with Crippen molar-refractivity contribution in [3.05, 3.63) is 0 Å². The van der Waals surface area contributed by atoms with E-state index in [-0.39, 0.29) is 29.8 Å². The molecule has 2 saturated heterocycles. The second kappa shape index (κ2) is 13.6. The van der Waals surface area contributed by atoms with E-state index in [1.807, 2.05) is 19.0 Å². The summed E-state index contributed by atoms with van der Waals surface area (Å²) in [5.74, 6) is 4.51. The molecule has 12 atom stereocenters. The second-order valence-electron chi connectivity index (χ2n) is 18.7. The Hall–Kier alpha value is -1.38. The number of likely N-dealkylation sites (N-methyl/N-ethyl adjacent to an activating group) is 1. The van der Waals surface area contributed by atoms with Crippen LogP contribution in [0.1, 0.15) is 124 Å². The van der Waals surface area contributed by atoms with E-state index in [4.69, 9.17) is 9.47 Å². The van der Waals surface area contributed by atoms with Crippen LogP contribution >= 0.6 is 0 Å². The number of urea groups is 1. The Kier molecular flexibility index (Phi) is 9.95. The highest BCUT2D eigenvalue weighted by Gasteiger charge is 2.69. The van der Waals surface area contributed by atoms with E-state index in [2.05, 4.69) is 43.2 Å². The van der Waals surface area contributed by atoms with Crippen LogP contribution in [0.25, 0.3) is 0 Å². The zero-order valence-electron chi connectivity index (χ0n) is 31.2. The molecule has 3 amide bonds. The molecule has 0 aromatic carbocycles. The van der Waals surface area contributed by atoms with Gasteiger partial charge in [0.15, 0.2) is 5.79 Å². The van der Waals surface area contributed by atoms with Gasteiger partial charge in [0.05, 0.1) is 19.3 Å².